The highest BCUT2D eigenvalue weighted by Gasteiger charge is 2.15. The summed E-state index contributed by atoms with van der Waals surface area (Å²) in [6.07, 6.45) is 1.72. The number of carbonyl (C=O) groups excluding carboxylic acids is 1. The summed E-state index contributed by atoms with van der Waals surface area (Å²) < 4.78 is 16.1. The van der Waals surface area contributed by atoms with Crippen molar-refractivity contribution >= 4 is 5.97 Å². The van der Waals surface area contributed by atoms with Crippen molar-refractivity contribution in [2.45, 2.75) is 46.1 Å². The molecule has 5 nitrogen and oxygen atoms in total. The van der Waals surface area contributed by atoms with Crippen molar-refractivity contribution in [2.75, 3.05) is 19.8 Å². The van der Waals surface area contributed by atoms with Crippen LogP contribution in [-0.4, -0.2) is 36.4 Å². The van der Waals surface area contributed by atoms with E-state index in [1.807, 2.05) is 32.9 Å². The van der Waals surface area contributed by atoms with Crippen LogP contribution in [0.4, 0.5) is 0 Å². The summed E-state index contributed by atoms with van der Waals surface area (Å²) in [6.45, 7) is 10.3. The molecule has 2 aromatic rings. The van der Waals surface area contributed by atoms with Crippen LogP contribution in [0, 0.1) is 0 Å². The van der Waals surface area contributed by atoms with Gasteiger partial charge in [-0.3, -0.25) is 0 Å². The van der Waals surface area contributed by atoms with Gasteiger partial charge in [0.25, 0.3) is 0 Å². The average molecular weight is 371 g/mol. The Balaban J connectivity index is 1.81. The van der Waals surface area contributed by atoms with Gasteiger partial charge in [0.2, 0.25) is 5.88 Å². The van der Waals surface area contributed by atoms with Gasteiger partial charge < -0.3 is 14.2 Å². The summed E-state index contributed by atoms with van der Waals surface area (Å²) in [5.74, 6) is 0.657. The maximum atomic E-state index is 11.6. The molecule has 0 aliphatic rings. The van der Waals surface area contributed by atoms with E-state index in [4.69, 9.17) is 14.2 Å². The Labute approximate surface area is 161 Å². The van der Waals surface area contributed by atoms with E-state index in [1.54, 1.807) is 6.20 Å². The van der Waals surface area contributed by atoms with Gasteiger partial charge in [-0.05, 0) is 49.4 Å². The summed E-state index contributed by atoms with van der Waals surface area (Å²) in [5.41, 5.74) is 2.97. The van der Waals surface area contributed by atoms with E-state index < -0.39 is 5.60 Å². The van der Waals surface area contributed by atoms with E-state index >= 15 is 0 Å². The van der Waals surface area contributed by atoms with E-state index in [9.17, 15) is 4.79 Å². The Bertz CT molecular complexity index is 733. The van der Waals surface area contributed by atoms with Crippen molar-refractivity contribution < 1.29 is 19.0 Å². The molecule has 0 N–H and O–H groups in total. The van der Waals surface area contributed by atoms with Crippen molar-refractivity contribution in [2.24, 2.45) is 0 Å². The topological polar surface area (TPSA) is 57.7 Å². The smallest absolute Gasteiger partial charge is 0.332 e. The van der Waals surface area contributed by atoms with Crippen molar-refractivity contribution in [1.82, 2.24) is 4.98 Å². The highest BCUT2D eigenvalue weighted by Crippen LogP contribution is 2.24. The number of benzene rings is 1. The first-order valence-electron chi connectivity index (χ1n) is 9.23. The predicted molar refractivity (Wildman–Crippen MR) is 106 cm³/mol. The van der Waals surface area contributed by atoms with E-state index in [1.165, 1.54) is 5.56 Å². The Kier molecular flexibility index (Phi) is 7.36. The first-order chi connectivity index (χ1) is 12.7. The molecule has 0 saturated carbocycles. The lowest BCUT2D eigenvalue weighted by Crippen LogP contribution is -2.27. The quantitative estimate of drug-likeness (QED) is 0.501. The van der Waals surface area contributed by atoms with Crippen LogP contribution in [0.5, 0.6) is 5.88 Å². The predicted octanol–water partition coefficient (Wildman–Crippen LogP) is 4.61. The minimum atomic E-state index is -0.505. The van der Waals surface area contributed by atoms with Gasteiger partial charge in [0.15, 0.2) is 0 Å². The summed E-state index contributed by atoms with van der Waals surface area (Å²) in [5, 5.41) is 0. The third-order valence-electron chi connectivity index (χ3n) is 3.76. The fourth-order valence-corrected chi connectivity index (χ4v) is 2.46. The van der Waals surface area contributed by atoms with Gasteiger partial charge in [0.1, 0.15) is 18.8 Å². The summed E-state index contributed by atoms with van der Waals surface area (Å²) in [7, 11) is 0. The zero-order valence-electron chi connectivity index (χ0n) is 16.8. The molecule has 0 radical (unpaired) electrons. The fraction of sp³-hybridized carbons (Fsp3) is 0.455. The van der Waals surface area contributed by atoms with E-state index in [2.05, 4.69) is 43.1 Å². The molecule has 0 amide bonds. The molecule has 1 aromatic carbocycles. The van der Waals surface area contributed by atoms with Gasteiger partial charge in [0, 0.05) is 12.3 Å². The van der Waals surface area contributed by atoms with Gasteiger partial charge in [-0.1, -0.05) is 38.1 Å². The van der Waals surface area contributed by atoms with Crippen LogP contribution >= 0.6 is 0 Å². The molecule has 2 rings (SSSR count). The monoisotopic (exact) mass is 371 g/mol. The van der Waals surface area contributed by atoms with Crippen molar-refractivity contribution in [3.05, 3.63) is 48.2 Å². The van der Waals surface area contributed by atoms with Crippen molar-refractivity contribution in [3.63, 3.8) is 0 Å². The van der Waals surface area contributed by atoms with Crippen LogP contribution in [0.25, 0.3) is 11.1 Å². The molecule has 0 saturated heterocycles. The zero-order valence-corrected chi connectivity index (χ0v) is 16.8. The van der Waals surface area contributed by atoms with E-state index in [0.717, 1.165) is 11.1 Å². The molecule has 0 unspecified atom stereocenters. The molecule has 0 aliphatic carbocycles. The van der Waals surface area contributed by atoms with Gasteiger partial charge in [0.05, 0.1) is 6.61 Å². The molecule has 5 heteroatoms. The Morgan fingerprint density at radius 1 is 1.04 bits per heavy atom. The molecular formula is C22H29NO4. The minimum absolute atomic E-state index is 0.0870. The number of aromatic nitrogens is 1. The summed E-state index contributed by atoms with van der Waals surface area (Å²) in [6, 6.07) is 12.4. The van der Waals surface area contributed by atoms with Gasteiger partial charge in [-0.15, -0.1) is 0 Å². The molecule has 0 aliphatic heterocycles. The molecule has 27 heavy (non-hydrogen) atoms. The minimum Gasteiger partial charge on any atom is -0.475 e. The number of ether oxygens (including phenoxy) is 3. The number of hydrogen-bond acceptors (Lipinski definition) is 5. The third-order valence-corrected chi connectivity index (χ3v) is 3.76. The fourth-order valence-electron chi connectivity index (χ4n) is 2.46. The van der Waals surface area contributed by atoms with E-state index in [0.29, 0.717) is 18.4 Å². The Morgan fingerprint density at radius 3 is 2.37 bits per heavy atom. The highest BCUT2D eigenvalue weighted by atomic mass is 16.6. The lowest BCUT2D eigenvalue weighted by molar-refractivity contribution is -0.160. The standard InChI is InChI=1S/C22H29NO4/c1-16(2)17-6-8-18(9-7-17)19-10-11-23-20(14-19)26-13-12-25-15-21(24)27-22(3,4)5/h6-11,14,16H,12-13,15H2,1-5H3. The van der Waals surface area contributed by atoms with Crippen molar-refractivity contribution in [1.29, 1.82) is 0 Å². The van der Waals surface area contributed by atoms with Crippen LogP contribution in [0.2, 0.25) is 0 Å². The average Bonchev–Trinajstić information content (AvgIpc) is 2.60. The number of esters is 1. The molecule has 0 atom stereocenters. The van der Waals surface area contributed by atoms with Gasteiger partial charge in [-0.2, -0.15) is 0 Å². The Hall–Kier alpha value is -2.40. The van der Waals surface area contributed by atoms with Gasteiger partial charge in [-0.25, -0.2) is 9.78 Å². The largest absolute Gasteiger partial charge is 0.475 e. The summed E-state index contributed by atoms with van der Waals surface area (Å²) in [4.78, 5) is 15.8. The maximum Gasteiger partial charge on any atom is 0.332 e. The number of rotatable bonds is 8. The molecule has 1 heterocycles. The van der Waals surface area contributed by atoms with Crippen LogP contribution < -0.4 is 4.74 Å². The normalized spacial score (nSPS) is 11.5. The van der Waals surface area contributed by atoms with Crippen molar-refractivity contribution in [3.8, 4) is 17.0 Å². The Morgan fingerprint density at radius 2 is 1.74 bits per heavy atom. The second-order valence-corrected chi connectivity index (χ2v) is 7.65. The first-order valence-corrected chi connectivity index (χ1v) is 9.23. The lowest BCUT2D eigenvalue weighted by Gasteiger charge is -2.19. The maximum absolute atomic E-state index is 11.6. The van der Waals surface area contributed by atoms with E-state index in [-0.39, 0.29) is 19.2 Å². The SMILES string of the molecule is CC(C)c1ccc(-c2ccnc(OCCOCC(=O)OC(C)(C)C)c2)cc1. The van der Waals surface area contributed by atoms with Crippen LogP contribution in [0.15, 0.2) is 42.6 Å². The van der Waals surface area contributed by atoms with Gasteiger partial charge >= 0.3 is 5.97 Å². The number of pyridine rings is 1. The summed E-state index contributed by atoms with van der Waals surface area (Å²) >= 11 is 0. The van der Waals surface area contributed by atoms with Crippen LogP contribution in [-0.2, 0) is 14.3 Å². The van der Waals surface area contributed by atoms with Crippen LogP contribution in [0.1, 0.15) is 46.1 Å². The molecular weight excluding hydrogens is 342 g/mol. The van der Waals surface area contributed by atoms with Crippen LogP contribution in [0.3, 0.4) is 0 Å². The third kappa shape index (κ3) is 7.39. The number of hydrogen-bond donors (Lipinski definition) is 0. The molecule has 146 valence electrons. The second-order valence-electron chi connectivity index (χ2n) is 7.65. The lowest BCUT2D eigenvalue weighted by atomic mass is 9.99. The highest BCUT2D eigenvalue weighted by molar-refractivity contribution is 5.71. The zero-order chi connectivity index (χ0) is 19.9. The molecule has 0 fully saturated rings. The first kappa shape index (κ1) is 20.9. The number of carbonyl (C=O) groups is 1. The molecule has 1 aromatic heterocycles. The molecule has 0 spiro atoms. The number of nitrogens with zero attached hydrogens (tertiary/aromatic N) is 1. The molecule has 0 bridgehead atoms. The second kappa shape index (κ2) is 9.51.